The lowest BCUT2D eigenvalue weighted by molar-refractivity contribution is -0.0504. The van der Waals surface area contributed by atoms with Crippen molar-refractivity contribution in [2.75, 3.05) is 18.5 Å². The average molecular weight is 309 g/mol. The summed E-state index contributed by atoms with van der Waals surface area (Å²) in [5.74, 6) is 0.814. The molecule has 0 aliphatic heterocycles. The molecule has 0 saturated carbocycles. The number of alkyl halides is 2. The Balaban J connectivity index is 1.95. The minimum atomic E-state index is -2.84. The second-order valence-electron chi connectivity index (χ2n) is 4.44. The molecule has 6 heteroatoms. The van der Waals surface area contributed by atoms with Gasteiger partial charge in [-0.15, -0.1) is 0 Å². The minimum absolute atomic E-state index is 0.0408. The summed E-state index contributed by atoms with van der Waals surface area (Å²) >= 11 is 0. The van der Waals surface area contributed by atoms with Crippen LogP contribution in [0.5, 0.6) is 11.5 Å². The van der Waals surface area contributed by atoms with Crippen molar-refractivity contribution in [1.29, 1.82) is 0 Å². The molecule has 0 bridgehead atoms. The van der Waals surface area contributed by atoms with E-state index in [1.807, 2.05) is 12.1 Å². The van der Waals surface area contributed by atoms with E-state index in [4.69, 9.17) is 9.84 Å². The molecule has 0 fully saturated rings. The summed E-state index contributed by atoms with van der Waals surface area (Å²) in [5, 5.41) is 11.8. The first-order valence-electron chi connectivity index (χ1n) is 6.79. The quantitative estimate of drug-likeness (QED) is 0.786. The standard InChI is InChI=1S/C16H17F2NO3/c17-16(18)22-15-4-2-1-3-12(15)11-19-13-5-7-14(8-6-13)21-10-9-20/h1-8,16,19-20H,9-11H2. The molecular formula is C16H17F2NO3. The maximum atomic E-state index is 12.3. The van der Waals surface area contributed by atoms with Gasteiger partial charge in [0.2, 0.25) is 0 Å². The number of halogens is 2. The topological polar surface area (TPSA) is 50.7 Å². The number of hydrogen-bond donors (Lipinski definition) is 2. The van der Waals surface area contributed by atoms with E-state index in [2.05, 4.69) is 10.1 Å². The molecule has 22 heavy (non-hydrogen) atoms. The molecule has 2 aromatic rings. The van der Waals surface area contributed by atoms with Crippen LogP contribution in [0.3, 0.4) is 0 Å². The van der Waals surface area contributed by atoms with Crippen molar-refractivity contribution in [3.63, 3.8) is 0 Å². The summed E-state index contributed by atoms with van der Waals surface area (Å²) in [7, 11) is 0. The van der Waals surface area contributed by atoms with Crippen molar-refractivity contribution in [3.8, 4) is 11.5 Å². The summed E-state index contributed by atoms with van der Waals surface area (Å²) in [5.41, 5.74) is 1.46. The Labute approximate surface area is 127 Å². The third-order valence-electron chi connectivity index (χ3n) is 2.89. The van der Waals surface area contributed by atoms with Crippen LogP contribution in [0.25, 0.3) is 0 Å². The Morgan fingerprint density at radius 2 is 1.77 bits per heavy atom. The number of aliphatic hydroxyl groups is 1. The third-order valence-corrected chi connectivity index (χ3v) is 2.89. The summed E-state index contributed by atoms with van der Waals surface area (Å²) in [6.07, 6.45) is 0. The van der Waals surface area contributed by atoms with Crippen LogP contribution in [0, 0.1) is 0 Å². The van der Waals surface area contributed by atoms with Gasteiger partial charge in [-0.2, -0.15) is 8.78 Å². The van der Waals surface area contributed by atoms with Crippen molar-refractivity contribution >= 4 is 5.69 Å². The van der Waals surface area contributed by atoms with Crippen LogP contribution >= 0.6 is 0 Å². The highest BCUT2D eigenvalue weighted by atomic mass is 19.3. The van der Waals surface area contributed by atoms with Crippen LogP contribution in [0.1, 0.15) is 5.56 Å². The van der Waals surface area contributed by atoms with E-state index in [0.717, 1.165) is 5.69 Å². The molecule has 0 spiro atoms. The van der Waals surface area contributed by atoms with Crippen molar-refractivity contribution in [2.24, 2.45) is 0 Å². The number of ether oxygens (including phenoxy) is 2. The van der Waals surface area contributed by atoms with Gasteiger partial charge in [0, 0.05) is 17.8 Å². The van der Waals surface area contributed by atoms with Crippen LogP contribution < -0.4 is 14.8 Å². The van der Waals surface area contributed by atoms with E-state index in [0.29, 0.717) is 17.9 Å². The first-order valence-corrected chi connectivity index (χ1v) is 6.79. The zero-order chi connectivity index (χ0) is 15.8. The van der Waals surface area contributed by atoms with Crippen LogP contribution in [-0.4, -0.2) is 24.9 Å². The largest absolute Gasteiger partial charge is 0.491 e. The molecule has 0 aliphatic rings. The van der Waals surface area contributed by atoms with Gasteiger partial charge >= 0.3 is 6.61 Å². The van der Waals surface area contributed by atoms with Crippen molar-refractivity contribution in [3.05, 3.63) is 54.1 Å². The van der Waals surface area contributed by atoms with Gasteiger partial charge < -0.3 is 19.9 Å². The minimum Gasteiger partial charge on any atom is -0.491 e. The van der Waals surface area contributed by atoms with Crippen LogP contribution in [-0.2, 0) is 6.54 Å². The monoisotopic (exact) mass is 309 g/mol. The summed E-state index contributed by atoms with van der Waals surface area (Å²) in [6, 6.07) is 13.8. The fraction of sp³-hybridized carbons (Fsp3) is 0.250. The number of aliphatic hydroxyl groups excluding tert-OH is 1. The lowest BCUT2D eigenvalue weighted by Gasteiger charge is -2.12. The number of para-hydroxylation sites is 1. The number of nitrogens with one attached hydrogen (secondary N) is 1. The number of benzene rings is 2. The van der Waals surface area contributed by atoms with Crippen LogP contribution in [0.2, 0.25) is 0 Å². The smallest absolute Gasteiger partial charge is 0.387 e. The number of rotatable bonds is 8. The summed E-state index contributed by atoms with van der Waals surface area (Å²) in [6.45, 7) is -2.28. The molecular weight excluding hydrogens is 292 g/mol. The van der Waals surface area contributed by atoms with E-state index in [9.17, 15) is 8.78 Å². The Morgan fingerprint density at radius 1 is 1.05 bits per heavy atom. The van der Waals surface area contributed by atoms with Crippen molar-refractivity contribution in [1.82, 2.24) is 0 Å². The molecule has 0 heterocycles. The van der Waals surface area contributed by atoms with E-state index < -0.39 is 6.61 Å². The van der Waals surface area contributed by atoms with Gasteiger partial charge in [0.05, 0.1) is 6.61 Å². The molecule has 0 radical (unpaired) electrons. The maximum absolute atomic E-state index is 12.3. The molecule has 2 rings (SSSR count). The second kappa shape index (κ2) is 8.19. The van der Waals surface area contributed by atoms with E-state index in [1.54, 1.807) is 30.3 Å². The predicted octanol–water partition coefficient (Wildman–Crippen LogP) is 3.27. The fourth-order valence-electron chi connectivity index (χ4n) is 1.89. The van der Waals surface area contributed by atoms with Gasteiger partial charge in [0.15, 0.2) is 0 Å². The fourth-order valence-corrected chi connectivity index (χ4v) is 1.89. The van der Waals surface area contributed by atoms with Gasteiger partial charge in [0.1, 0.15) is 18.1 Å². The molecule has 0 aliphatic carbocycles. The molecule has 0 unspecified atom stereocenters. The first-order chi connectivity index (χ1) is 10.7. The molecule has 2 N–H and O–H groups in total. The van der Waals surface area contributed by atoms with Crippen molar-refractivity contribution in [2.45, 2.75) is 13.2 Å². The number of anilines is 1. The molecule has 118 valence electrons. The van der Waals surface area contributed by atoms with E-state index in [-0.39, 0.29) is 19.0 Å². The predicted molar refractivity (Wildman–Crippen MR) is 79.4 cm³/mol. The zero-order valence-corrected chi connectivity index (χ0v) is 11.8. The lowest BCUT2D eigenvalue weighted by atomic mass is 10.2. The zero-order valence-electron chi connectivity index (χ0n) is 11.8. The molecule has 2 aromatic carbocycles. The molecule has 0 aromatic heterocycles. The Bertz CT molecular complexity index is 576. The van der Waals surface area contributed by atoms with Gasteiger partial charge in [-0.25, -0.2) is 0 Å². The average Bonchev–Trinajstić information content (AvgIpc) is 2.52. The molecule has 0 atom stereocenters. The molecule has 0 saturated heterocycles. The van der Waals surface area contributed by atoms with Crippen LogP contribution in [0.4, 0.5) is 14.5 Å². The SMILES string of the molecule is OCCOc1ccc(NCc2ccccc2OC(F)F)cc1. The number of hydrogen-bond acceptors (Lipinski definition) is 4. The maximum Gasteiger partial charge on any atom is 0.387 e. The second-order valence-corrected chi connectivity index (χ2v) is 4.44. The van der Waals surface area contributed by atoms with Crippen molar-refractivity contribution < 1.29 is 23.4 Å². The van der Waals surface area contributed by atoms with Gasteiger partial charge in [-0.1, -0.05) is 18.2 Å². The highest BCUT2D eigenvalue weighted by Gasteiger charge is 2.08. The Morgan fingerprint density at radius 3 is 2.45 bits per heavy atom. The Kier molecular flexibility index (Phi) is 5.97. The highest BCUT2D eigenvalue weighted by Crippen LogP contribution is 2.22. The molecule has 4 nitrogen and oxygen atoms in total. The Hall–Kier alpha value is -2.34. The first kappa shape index (κ1) is 16.0. The van der Waals surface area contributed by atoms with Gasteiger partial charge in [-0.3, -0.25) is 0 Å². The summed E-state index contributed by atoms with van der Waals surface area (Å²) in [4.78, 5) is 0. The van der Waals surface area contributed by atoms with E-state index in [1.165, 1.54) is 6.07 Å². The molecule has 0 amide bonds. The highest BCUT2D eigenvalue weighted by molar-refractivity contribution is 5.47. The normalized spacial score (nSPS) is 10.5. The van der Waals surface area contributed by atoms with Gasteiger partial charge in [0.25, 0.3) is 0 Å². The lowest BCUT2D eigenvalue weighted by Crippen LogP contribution is -2.07. The van der Waals surface area contributed by atoms with E-state index >= 15 is 0 Å². The third kappa shape index (κ3) is 4.89. The van der Waals surface area contributed by atoms with Crippen LogP contribution in [0.15, 0.2) is 48.5 Å². The van der Waals surface area contributed by atoms with Gasteiger partial charge in [-0.05, 0) is 30.3 Å². The summed E-state index contributed by atoms with van der Waals surface area (Å²) < 4.78 is 34.4.